The van der Waals surface area contributed by atoms with Gasteiger partial charge in [-0.3, -0.25) is 5.10 Å². The Hall–Kier alpha value is -1.56. The summed E-state index contributed by atoms with van der Waals surface area (Å²) in [4.78, 5) is 11.5. The fourth-order valence-electron chi connectivity index (χ4n) is 1.88. The second-order valence-electron chi connectivity index (χ2n) is 6.36. The summed E-state index contributed by atoms with van der Waals surface area (Å²) in [5, 5.41) is 13.1. The third-order valence-electron chi connectivity index (χ3n) is 3.00. The van der Waals surface area contributed by atoms with Crippen molar-refractivity contribution in [3.8, 4) is 0 Å². The Kier molecular flexibility index (Phi) is 6.68. The van der Waals surface area contributed by atoms with Crippen LogP contribution in [0.25, 0.3) is 0 Å². The molecule has 3 N–H and O–H groups in total. The molecule has 1 aromatic rings. The van der Waals surface area contributed by atoms with Gasteiger partial charge in [-0.1, -0.05) is 0 Å². The number of ether oxygens (including phenoxy) is 1. The maximum Gasteiger partial charge on any atom is 0.407 e. The van der Waals surface area contributed by atoms with Gasteiger partial charge in [-0.2, -0.15) is 5.10 Å². The van der Waals surface area contributed by atoms with Gasteiger partial charge in [0.25, 0.3) is 0 Å². The Balaban J connectivity index is 2.10. The molecule has 0 saturated carbocycles. The average Bonchev–Trinajstić information content (AvgIpc) is 2.76. The number of H-pyrrole nitrogens is 1. The van der Waals surface area contributed by atoms with E-state index in [4.69, 9.17) is 4.74 Å². The number of aromatic amines is 1. The summed E-state index contributed by atoms with van der Waals surface area (Å²) in [6.45, 7) is 11.1. The van der Waals surface area contributed by atoms with Crippen molar-refractivity contribution >= 4 is 6.09 Å². The van der Waals surface area contributed by atoms with Crippen LogP contribution in [0, 0.1) is 6.92 Å². The van der Waals surface area contributed by atoms with Crippen LogP contribution in [0.4, 0.5) is 4.79 Å². The summed E-state index contributed by atoms with van der Waals surface area (Å²) in [5.74, 6) is 0. The number of hydrogen-bond donors (Lipinski definition) is 3. The van der Waals surface area contributed by atoms with Gasteiger partial charge in [0.2, 0.25) is 0 Å². The highest BCUT2D eigenvalue weighted by Crippen LogP contribution is 2.06. The van der Waals surface area contributed by atoms with Crippen LogP contribution >= 0.6 is 0 Å². The van der Waals surface area contributed by atoms with E-state index in [2.05, 4.69) is 20.8 Å². The van der Waals surface area contributed by atoms with Crippen molar-refractivity contribution in [2.75, 3.05) is 13.1 Å². The van der Waals surface area contributed by atoms with E-state index in [0.717, 1.165) is 25.1 Å². The third-order valence-corrected chi connectivity index (χ3v) is 3.00. The first-order chi connectivity index (χ1) is 9.78. The molecule has 0 aromatic carbocycles. The Labute approximate surface area is 127 Å². The lowest BCUT2D eigenvalue weighted by Crippen LogP contribution is -2.41. The molecule has 6 nitrogen and oxygen atoms in total. The molecule has 0 aliphatic rings. The highest BCUT2D eigenvalue weighted by atomic mass is 16.6. The number of carbonyl (C=O) groups excluding carboxylic acids is 1. The van der Waals surface area contributed by atoms with Gasteiger partial charge in [-0.05, 0) is 59.6 Å². The summed E-state index contributed by atoms with van der Waals surface area (Å²) < 4.78 is 5.19. The number of nitrogens with zero attached hydrogens (tertiary/aromatic N) is 1. The van der Waals surface area contributed by atoms with Crippen LogP contribution in [0.5, 0.6) is 0 Å². The zero-order valence-corrected chi connectivity index (χ0v) is 13.7. The van der Waals surface area contributed by atoms with Gasteiger partial charge in [-0.15, -0.1) is 0 Å². The first-order valence-electron chi connectivity index (χ1n) is 7.47. The lowest BCUT2D eigenvalue weighted by atomic mass is 10.1. The van der Waals surface area contributed by atoms with Crippen LogP contribution in [-0.2, 0) is 11.2 Å². The molecule has 0 bridgehead atoms. The zero-order chi connectivity index (χ0) is 15.9. The van der Waals surface area contributed by atoms with Gasteiger partial charge < -0.3 is 15.4 Å². The molecular weight excluding hydrogens is 268 g/mol. The maximum atomic E-state index is 11.5. The largest absolute Gasteiger partial charge is 0.444 e. The van der Waals surface area contributed by atoms with Crippen molar-refractivity contribution in [3.63, 3.8) is 0 Å². The molecule has 0 aliphatic carbocycles. The van der Waals surface area contributed by atoms with Crippen molar-refractivity contribution in [1.29, 1.82) is 0 Å². The van der Waals surface area contributed by atoms with E-state index < -0.39 is 5.60 Å². The van der Waals surface area contributed by atoms with Gasteiger partial charge in [0.1, 0.15) is 5.60 Å². The number of aryl methyl sites for hydroxylation is 2. The van der Waals surface area contributed by atoms with Crippen LogP contribution in [0.15, 0.2) is 6.20 Å². The van der Waals surface area contributed by atoms with Crippen molar-refractivity contribution in [1.82, 2.24) is 20.8 Å². The van der Waals surface area contributed by atoms with Gasteiger partial charge in [0.05, 0.1) is 6.20 Å². The summed E-state index contributed by atoms with van der Waals surface area (Å²) in [6, 6.07) is 0.211. The van der Waals surface area contributed by atoms with Crippen LogP contribution in [-0.4, -0.2) is 41.0 Å². The molecule has 6 heteroatoms. The SMILES string of the molecule is Cc1[nH]ncc1CCCNC(C)CNC(=O)OC(C)(C)C. The third kappa shape index (κ3) is 7.70. The normalized spacial score (nSPS) is 13.0. The molecule has 0 saturated heterocycles. The molecule has 0 fully saturated rings. The predicted octanol–water partition coefficient (Wildman–Crippen LogP) is 2.15. The van der Waals surface area contributed by atoms with E-state index in [1.807, 2.05) is 40.8 Å². The molecule has 0 spiro atoms. The maximum absolute atomic E-state index is 11.5. The standard InChI is InChI=1S/C15H28N4O2/c1-11(9-17-14(20)21-15(3,4)5)16-8-6-7-13-10-18-19-12(13)2/h10-11,16H,6-9H2,1-5H3,(H,17,20)(H,18,19). The van der Waals surface area contributed by atoms with E-state index in [0.29, 0.717) is 6.54 Å². The molecule has 120 valence electrons. The van der Waals surface area contributed by atoms with Crippen molar-refractivity contribution in [2.24, 2.45) is 0 Å². The van der Waals surface area contributed by atoms with Crippen LogP contribution < -0.4 is 10.6 Å². The van der Waals surface area contributed by atoms with Gasteiger partial charge in [0.15, 0.2) is 0 Å². The van der Waals surface area contributed by atoms with E-state index in [1.165, 1.54) is 5.56 Å². The molecule has 1 aromatic heterocycles. The molecule has 0 radical (unpaired) electrons. The van der Waals surface area contributed by atoms with E-state index in [1.54, 1.807) is 0 Å². The van der Waals surface area contributed by atoms with Gasteiger partial charge in [-0.25, -0.2) is 4.79 Å². The minimum absolute atomic E-state index is 0.211. The van der Waals surface area contributed by atoms with Crippen LogP contribution in [0.1, 0.15) is 45.4 Å². The molecule has 1 unspecified atom stereocenters. The van der Waals surface area contributed by atoms with E-state index >= 15 is 0 Å². The Bertz CT molecular complexity index is 437. The predicted molar refractivity (Wildman–Crippen MR) is 83.3 cm³/mol. The Morgan fingerprint density at radius 2 is 2.19 bits per heavy atom. The lowest BCUT2D eigenvalue weighted by Gasteiger charge is -2.21. The number of aromatic nitrogens is 2. The highest BCUT2D eigenvalue weighted by Gasteiger charge is 2.16. The number of nitrogens with one attached hydrogen (secondary N) is 3. The second-order valence-corrected chi connectivity index (χ2v) is 6.36. The van der Waals surface area contributed by atoms with Crippen LogP contribution in [0.2, 0.25) is 0 Å². The first-order valence-corrected chi connectivity index (χ1v) is 7.47. The minimum atomic E-state index is -0.455. The van der Waals surface area contributed by atoms with Crippen molar-refractivity contribution in [2.45, 2.75) is 59.1 Å². The topological polar surface area (TPSA) is 79.0 Å². The van der Waals surface area contributed by atoms with Crippen molar-refractivity contribution < 1.29 is 9.53 Å². The molecule has 1 atom stereocenters. The summed E-state index contributed by atoms with van der Waals surface area (Å²) in [5.41, 5.74) is 1.94. The smallest absolute Gasteiger partial charge is 0.407 e. The van der Waals surface area contributed by atoms with Gasteiger partial charge >= 0.3 is 6.09 Å². The van der Waals surface area contributed by atoms with E-state index in [-0.39, 0.29) is 12.1 Å². The number of rotatable bonds is 7. The number of hydrogen-bond acceptors (Lipinski definition) is 4. The molecular formula is C15H28N4O2. The zero-order valence-electron chi connectivity index (χ0n) is 13.7. The second kappa shape index (κ2) is 8.02. The number of alkyl carbamates (subject to hydrolysis) is 1. The van der Waals surface area contributed by atoms with Crippen molar-refractivity contribution in [3.05, 3.63) is 17.5 Å². The van der Waals surface area contributed by atoms with Crippen LogP contribution in [0.3, 0.4) is 0 Å². The minimum Gasteiger partial charge on any atom is -0.444 e. The quantitative estimate of drug-likeness (QED) is 0.674. The van der Waals surface area contributed by atoms with E-state index in [9.17, 15) is 4.79 Å². The fourth-order valence-corrected chi connectivity index (χ4v) is 1.88. The van der Waals surface area contributed by atoms with Gasteiger partial charge in [0, 0.05) is 18.3 Å². The Morgan fingerprint density at radius 3 is 2.76 bits per heavy atom. The number of carbonyl (C=O) groups is 1. The highest BCUT2D eigenvalue weighted by molar-refractivity contribution is 5.67. The number of amides is 1. The molecule has 21 heavy (non-hydrogen) atoms. The molecule has 1 heterocycles. The summed E-state index contributed by atoms with van der Waals surface area (Å²) in [6.07, 6.45) is 3.55. The summed E-state index contributed by atoms with van der Waals surface area (Å²) >= 11 is 0. The fraction of sp³-hybridized carbons (Fsp3) is 0.733. The summed E-state index contributed by atoms with van der Waals surface area (Å²) in [7, 11) is 0. The molecule has 1 amide bonds. The first kappa shape index (κ1) is 17.5. The lowest BCUT2D eigenvalue weighted by molar-refractivity contribution is 0.0523. The monoisotopic (exact) mass is 296 g/mol. The average molecular weight is 296 g/mol. The molecule has 1 rings (SSSR count). The Morgan fingerprint density at radius 1 is 1.48 bits per heavy atom. The molecule has 0 aliphatic heterocycles.